The highest BCUT2D eigenvalue weighted by molar-refractivity contribution is 6.31. The molecular weight excluding hydrogens is 172 g/mol. The number of phenolic OH excluding ortho intramolecular Hbond substituents is 1. The monoisotopic (exact) mass is 182 g/mol. The third-order valence-corrected chi connectivity index (χ3v) is 2.73. The van der Waals surface area contributed by atoms with Gasteiger partial charge in [0.1, 0.15) is 5.75 Å². The van der Waals surface area contributed by atoms with Crippen molar-refractivity contribution in [3.63, 3.8) is 0 Å². The van der Waals surface area contributed by atoms with Crippen LogP contribution in [0.25, 0.3) is 0 Å². The molecule has 1 nitrogen and oxygen atoms in total. The van der Waals surface area contributed by atoms with Crippen molar-refractivity contribution in [2.45, 2.75) is 25.7 Å². The van der Waals surface area contributed by atoms with Crippen LogP contribution in [0.1, 0.15) is 29.9 Å². The molecule has 1 fully saturated rings. The van der Waals surface area contributed by atoms with E-state index in [1.54, 1.807) is 6.07 Å². The fourth-order valence-corrected chi connectivity index (χ4v) is 1.58. The second-order valence-electron chi connectivity index (χ2n) is 3.43. The second-order valence-corrected chi connectivity index (χ2v) is 3.84. The van der Waals surface area contributed by atoms with Crippen molar-refractivity contribution in [1.29, 1.82) is 0 Å². The van der Waals surface area contributed by atoms with Crippen molar-refractivity contribution in [1.82, 2.24) is 0 Å². The first kappa shape index (κ1) is 7.93. The number of rotatable bonds is 1. The van der Waals surface area contributed by atoms with Crippen molar-refractivity contribution in [3.8, 4) is 5.75 Å². The minimum absolute atomic E-state index is 0.402. The van der Waals surface area contributed by atoms with Gasteiger partial charge in [-0.15, -0.1) is 0 Å². The largest absolute Gasteiger partial charge is 0.508 e. The summed E-state index contributed by atoms with van der Waals surface area (Å²) in [5, 5.41) is 10.3. The Morgan fingerprint density at radius 2 is 2.08 bits per heavy atom. The molecule has 2 heteroatoms. The zero-order valence-corrected chi connectivity index (χ0v) is 7.73. The SMILES string of the molecule is Cc1cc(O)c(C2CC2)cc1Cl. The Hall–Kier alpha value is -0.690. The summed E-state index contributed by atoms with van der Waals surface area (Å²) in [7, 11) is 0. The number of aromatic hydroxyl groups is 1. The van der Waals surface area contributed by atoms with Crippen molar-refractivity contribution in [2.75, 3.05) is 0 Å². The summed E-state index contributed by atoms with van der Waals surface area (Å²) in [4.78, 5) is 0. The van der Waals surface area contributed by atoms with Gasteiger partial charge in [-0.05, 0) is 48.9 Å². The number of phenols is 1. The van der Waals surface area contributed by atoms with Crippen molar-refractivity contribution >= 4 is 11.6 Å². The van der Waals surface area contributed by atoms with Gasteiger partial charge in [-0.25, -0.2) is 0 Å². The van der Waals surface area contributed by atoms with E-state index in [9.17, 15) is 5.11 Å². The lowest BCUT2D eigenvalue weighted by Crippen LogP contribution is -1.83. The Morgan fingerprint density at radius 1 is 1.42 bits per heavy atom. The van der Waals surface area contributed by atoms with Gasteiger partial charge in [0.25, 0.3) is 0 Å². The molecule has 2 rings (SSSR count). The lowest BCUT2D eigenvalue weighted by molar-refractivity contribution is 0.468. The molecule has 1 aromatic rings. The van der Waals surface area contributed by atoms with Crippen LogP contribution in [-0.2, 0) is 0 Å². The standard InChI is InChI=1S/C10H11ClO/c1-6-4-10(12)8(5-9(6)11)7-2-3-7/h4-5,7,12H,2-3H2,1H3. The number of hydrogen-bond acceptors (Lipinski definition) is 1. The Balaban J connectivity index is 2.47. The van der Waals surface area contributed by atoms with Crippen LogP contribution >= 0.6 is 11.6 Å². The number of benzene rings is 1. The molecule has 1 aliphatic rings. The first-order chi connectivity index (χ1) is 5.68. The number of aryl methyl sites for hydroxylation is 1. The van der Waals surface area contributed by atoms with Crippen LogP contribution < -0.4 is 0 Å². The first-order valence-corrected chi connectivity index (χ1v) is 4.55. The van der Waals surface area contributed by atoms with Crippen LogP contribution in [0, 0.1) is 6.92 Å². The van der Waals surface area contributed by atoms with Crippen molar-refractivity contribution < 1.29 is 5.11 Å². The molecule has 1 aliphatic carbocycles. The molecule has 1 saturated carbocycles. The molecule has 0 amide bonds. The second kappa shape index (κ2) is 2.67. The Labute approximate surface area is 77.0 Å². The summed E-state index contributed by atoms with van der Waals surface area (Å²) in [6, 6.07) is 3.64. The molecule has 0 bridgehead atoms. The van der Waals surface area contributed by atoms with Crippen LogP contribution in [0.5, 0.6) is 5.75 Å². The van der Waals surface area contributed by atoms with Crippen molar-refractivity contribution in [3.05, 3.63) is 28.3 Å². The Bertz CT molecular complexity index is 316. The fourth-order valence-electron chi connectivity index (χ4n) is 1.40. The van der Waals surface area contributed by atoms with Gasteiger partial charge in [0.2, 0.25) is 0 Å². The molecule has 0 aliphatic heterocycles. The zero-order chi connectivity index (χ0) is 8.72. The molecule has 0 saturated heterocycles. The molecular formula is C10H11ClO. The lowest BCUT2D eigenvalue weighted by atomic mass is 10.1. The summed E-state index contributed by atoms with van der Waals surface area (Å²) in [6.45, 7) is 1.90. The molecule has 0 spiro atoms. The summed E-state index contributed by atoms with van der Waals surface area (Å²) in [6.07, 6.45) is 2.37. The Morgan fingerprint density at radius 3 is 2.67 bits per heavy atom. The van der Waals surface area contributed by atoms with Crippen LogP contribution in [0.4, 0.5) is 0 Å². The molecule has 0 atom stereocenters. The van der Waals surface area contributed by atoms with Gasteiger partial charge in [-0.3, -0.25) is 0 Å². The topological polar surface area (TPSA) is 20.2 Å². The minimum atomic E-state index is 0.402. The maximum absolute atomic E-state index is 9.57. The highest BCUT2D eigenvalue weighted by Crippen LogP contribution is 2.45. The van der Waals surface area contributed by atoms with Gasteiger partial charge in [0.05, 0.1) is 0 Å². The van der Waals surface area contributed by atoms with Gasteiger partial charge in [0, 0.05) is 5.02 Å². The molecule has 12 heavy (non-hydrogen) atoms. The van der Waals surface area contributed by atoms with Crippen LogP contribution in [0.3, 0.4) is 0 Å². The summed E-state index contributed by atoms with van der Waals surface area (Å²) in [5.41, 5.74) is 1.96. The van der Waals surface area contributed by atoms with Gasteiger partial charge in [-0.1, -0.05) is 11.6 Å². The fraction of sp³-hybridized carbons (Fsp3) is 0.400. The number of halogens is 1. The van der Waals surface area contributed by atoms with Gasteiger partial charge < -0.3 is 5.11 Å². The maximum Gasteiger partial charge on any atom is 0.119 e. The highest BCUT2D eigenvalue weighted by Gasteiger charge is 2.26. The summed E-state index contributed by atoms with van der Waals surface area (Å²) < 4.78 is 0. The quantitative estimate of drug-likeness (QED) is 0.707. The van der Waals surface area contributed by atoms with E-state index in [0.29, 0.717) is 11.7 Å². The van der Waals surface area contributed by atoms with Gasteiger partial charge in [-0.2, -0.15) is 0 Å². The summed E-state index contributed by atoms with van der Waals surface area (Å²) >= 11 is 5.95. The molecule has 64 valence electrons. The Kier molecular flexibility index (Phi) is 1.76. The van der Waals surface area contributed by atoms with E-state index in [1.165, 1.54) is 12.8 Å². The van der Waals surface area contributed by atoms with E-state index >= 15 is 0 Å². The van der Waals surface area contributed by atoms with Gasteiger partial charge in [0.15, 0.2) is 0 Å². The molecule has 0 aromatic heterocycles. The first-order valence-electron chi connectivity index (χ1n) is 4.17. The smallest absolute Gasteiger partial charge is 0.119 e. The zero-order valence-electron chi connectivity index (χ0n) is 6.97. The maximum atomic E-state index is 9.57. The molecule has 0 heterocycles. The molecule has 1 aromatic carbocycles. The van der Waals surface area contributed by atoms with E-state index in [-0.39, 0.29) is 0 Å². The van der Waals surface area contributed by atoms with Gasteiger partial charge >= 0.3 is 0 Å². The molecule has 0 radical (unpaired) electrons. The normalized spacial score (nSPS) is 16.5. The molecule has 0 unspecified atom stereocenters. The predicted octanol–water partition coefficient (Wildman–Crippen LogP) is 3.23. The average Bonchev–Trinajstić information content (AvgIpc) is 2.79. The van der Waals surface area contributed by atoms with E-state index in [1.807, 2.05) is 13.0 Å². The van der Waals surface area contributed by atoms with Crippen LogP contribution in [-0.4, -0.2) is 5.11 Å². The van der Waals surface area contributed by atoms with Crippen LogP contribution in [0.2, 0.25) is 5.02 Å². The van der Waals surface area contributed by atoms with E-state index in [2.05, 4.69) is 0 Å². The molecule has 1 N–H and O–H groups in total. The van der Waals surface area contributed by atoms with E-state index in [4.69, 9.17) is 11.6 Å². The van der Waals surface area contributed by atoms with E-state index in [0.717, 1.165) is 16.1 Å². The predicted molar refractivity (Wildman–Crippen MR) is 49.8 cm³/mol. The minimum Gasteiger partial charge on any atom is -0.508 e. The van der Waals surface area contributed by atoms with Crippen LogP contribution in [0.15, 0.2) is 12.1 Å². The van der Waals surface area contributed by atoms with Crippen molar-refractivity contribution in [2.24, 2.45) is 0 Å². The summed E-state index contributed by atoms with van der Waals surface area (Å²) in [5.74, 6) is 0.961. The third kappa shape index (κ3) is 1.29. The number of hydrogen-bond donors (Lipinski definition) is 1. The average molecular weight is 183 g/mol. The lowest BCUT2D eigenvalue weighted by Gasteiger charge is -2.05. The highest BCUT2D eigenvalue weighted by atomic mass is 35.5. The third-order valence-electron chi connectivity index (χ3n) is 2.33. The van der Waals surface area contributed by atoms with E-state index < -0.39 is 0 Å².